The Bertz CT molecular complexity index is 244. The molecular formula is C14H24O3. The Morgan fingerprint density at radius 3 is 2.53 bits per heavy atom. The van der Waals surface area contributed by atoms with Crippen molar-refractivity contribution in [1.29, 1.82) is 0 Å². The monoisotopic (exact) mass is 240 g/mol. The lowest BCUT2D eigenvalue weighted by atomic mass is 10.1. The van der Waals surface area contributed by atoms with Crippen molar-refractivity contribution in [2.75, 3.05) is 0 Å². The first kappa shape index (κ1) is 15.9. The molecule has 0 spiro atoms. The molecule has 0 saturated heterocycles. The number of carboxylic acids is 1. The molecule has 0 bridgehead atoms. The Balaban J connectivity index is 3.26. The number of hydrogen-bond donors (Lipinski definition) is 2. The molecule has 0 aliphatic carbocycles. The predicted molar refractivity (Wildman–Crippen MR) is 69.9 cm³/mol. The maximum absolute atomic E-state index is 10.3. The van der Waals surface area contributed by atoms with Gasteiger partial charge in [-0.2, -0.15) is 0 Å². The van der Waals surface area contributed by atoms with E-state index in [1.807, 2.05) is 19.1 Å². The lowest BCUT2D eigenvalue weighted by Gasteiger charge is -2.06. The second-order valence-corrected chi connectivity index (χ2v) is 4.20. The van der Waals surface area contributed by atoms with E-state index >= 15 is 0 Å². The first-order chi connectivity index (χ1) is 8.16. The van der Waals surface area contributed by atoms with Gasteiger partial charge in [0, 0.05) is 0 Å². The Morgan fingerprint density at radius 2 is 1.88 bits per heavy atom. The molecule has 0 aromatic rings. The number of unbranched alkanes of at least 4 members (excludes halogenated alkanes) is 4. The first-order valence-electron chi connectivity index (χ1n) is 6.34. The molecular weight excluding hydrogens is 216 g/mol. The van der Waals surface area contributed by atoms with Gasteiger partial charge in [0.05, 0.1) is 12.5 Å². The zero-order valence-electron chi connectivity index (χ0n) is 10.6. The number of rotatable bonds is 10. The fourth-order valence-corrected chi connectivity index (χ4v) is 1.59. The summed E-state index contributed by atoms with van der Waals surface area (Å²) >= 11 is 0. The van der Waals surface area contributed by atoms with Gasteiger partial charge in [0.15, 0.2) is 0 Å². The van der Waals surface area contributed by atoms with Gasteiger partial charge in [-0.1, -0.05) is 43.6 Å². The number of allylic oxidation sites excluding steroid dienone is 4. The fraction of sp³-hybridized carbons (Fsp3) is 0.643. The van der Waals surface area contributed by atoms with Crippen LogP contribution >= 0.6 is 0 Å². The lowest BCUT2D eigenvalue weighted by Crippen LogP contribution is -2.12. The van der Waals surface area contributed by atoms with E-state index in [1.54, 1.807) is 0 Å². The molecule has 3 heteroatoms. The maximum atomic E-state index is 10.3. The Labute approximate surface area is 104 Å². The standard InChI is InChI=1S/C14H24O3/c1-2-3-4-5-6-7-8-9-10-11-13(15)12-14(16)17/h2-5,13,15H,6-12H2,1H3,(H,16,17). The van der Waals surface area contributed by atoms with Crippen LogP contribution in [0.25, 0.3) is 0 Å². The number of carboxylic acid groups (broad SMARTS) is 1. The molecule has 1 atom stereocenters. The van der Waals surface area contributed by atoms with Gasteiger partial charge in [0.2, 0.25) is 0 Å². The summed E-state index contributed by atoms with van der Waals surface area (Å²) in [6.45, 7) is 1.99. The summed E-state index contributed by atoms with van der Waals surface area (Å²) < 4.78 is 0. The minimum absolute atomic E-state index is 0.133. The normalized spacial score (nSPS) is 13.5. The SMILES string of the molecule is CC=CC=CCCCCCCC(O)CC(=O)O. The molecule has 0 amide bonds. The second-order valence-electron chi connectivity index (χ2n) is 4.20. The second kappa shape index (κ2) is 11.4. The van der Waals surface area contributed by atoms with Gasteiger partial charge in [-0.3, -0.25) is 4.79 Å². The first-order valence-corrected chi connectivity index (χ1v) is 6.34. The van der Waals surface area contributed by atoms with Crippen LogP contribution in [0, 0.1) is 0 Å². The van der Waals surface area contributed by atoms with Crippen molar-refractivity contribution in [3.63, 3.8) is 0 Å². The topological polar surface area (TPSA) is 57.5 Å². The highest BCUT2D eigenvalue weighted by Gasteiger charge is 2.08. The molecule has 0 aliphatic heterocycles. The van der Waals surface area contributed by atoms with Crippen molar-refractivity contribution in [2.24, 2.45) is 0 Å². The molecule has 0 fully saturated rings. The van der Waals surface area contributed by atoms with Gasteiger partial charge in [0.1, 0.15) is 0 Å². The van der Waals surface area contributed by atoms with E-state index in [9.17, 15) is 9.90 Å². The van der Waals surface area contributed by atoms with Crippen LogP contribution < -0.4 is 0 Å². The molecule has 0 aromatic heterocycles. The highest BCUT2D eigenvalue weighted by atomic mass is 16.4. The number of aliphatic carboxylic acids is 1. The summed E-state index contributed by atoms with van der Waals surface area (Å²) in [5, 5.41) is 17.8. The van der Waals surface area contributed by atoms with E-state index in [2.05, 4.69) is 12.2 Å². The zero-order chi connectivity index (χ0) is 12.9. The number of hydrogen-bond acceptors (Lipinski definition) is 2. The Kier molecular flexibility index (Phi) is 10.7. The van der Waals surface area contributed by atoms with Crippen LogP contribution in [0.15, 0.2) is 24.3 Å². The van der Waals surface area contributed by atoms with E-state index in [-0.39, 0.29) is 6.42 Å². The van der Waals surface area contributed by atoms with Gasteiger partial charge in [-0.25, -0.2) is 0 Å². The van der Waals surface area contributed by atoms with Crippen LogP contribution in [0.4, 0.5) is 0 Å². The summed E-state index contributed by atoms with van der Waals surface area (Å²) in [5.41, 5.74) is 0. The van der Waals surface area contributed by atoms with Crippen LogP contribution in [-0.4, -0.2) is 22.3 Å². The van der Waals surface area contributed by atoms with Crippen molar-refractivity contribution in [3.05, 3.63) is 24.3 Å². The smallest absolute Gasteiger partial charge is 0.305 e. The third kappa shape index (κ3) is 12.8. The van der Waals surface area contributed by atoms with E-state index < -0.39 is 12.1 Å². The summed E-state index contributed by atoms with van der Waals surface area (Å²) in [6, 6.07) is 0. The van der Waals surface area contributed by atoms with E-state index in [0.29, 0.717) is 6.42 Å². The molecule has 0 heterocycles. The van der Waals surface area contributed by atoms with Crippen molar-refractivity contribution in [2.45, 2.75) is 58.0 Å². The summed E-state index contributed by atoms with van der Waals surface area (Å²) in [4.78, 5) is 10.3. The third-order valence-electron chi connectivity index (χ3n) is 2.51. The van der Waals surface area contributed by atoms with Crippen LogP contribution in [0.3, 0.4) is 0 Å². The van der Waals surface area contributed by atoms with Gasteiger partial charge >= 0.3 is 5.97 Å². The third-order valence-corrected chi connectivity index (χ3v) is 2.51. The highest BCUT2D eigenvalue weighted by Crippen LogP contribution is 2.09. The summed E-state index contributed by atoms with van der Waals surface area (Å²) in [5.74, 6) is -0.924. The molecule has 0 aromatic carbocycles. The lowest BCUT2D eigenvalue weighted by molar-refractivity contribution is -0.139. The Morgan fingerprint density at radius 1 is 1.18 bits per heavy atom. The van der Waals surface area contributed by atoms with Crippen molar-refractivity contribution < 1.29 is 15.0 Å². The van der Waals surface area contributed by atoms with E-state index in [1.165, 1.54) is 0 Å². The minimum atomic E-state index is -0.924. The molecule has 0 saturated carbocycles. The van der Waals surface area contributed by atoms with Crippen molar-refractivity contribution in [3.8, 4) is 0 Å². The number of aliphatic hydroxyl groups is 1. The molecule has 3 nitrogen and oxygen atoms in total. The van der Waals surface area contributed by atoms with E-state index in [0.717, 1.165) is 32.1 Å². The average molecular weight is 240 g/mol. The number of aliphatic hydroxyl groups excluding tert-OH is 1. The largest absolute Gasteiger partial charge is 0.481 e. The van der Waals surface area contributed by atoms with Crippen molar-refractivity contribution >= 4 is 5.97 Å². The fourth-order valence-electron chi connectivity index (χ4n) is 1.59. The van der Waals surface area contributed by atoms with Gasteiger partial charge < -0.3 is 10.2 Å². The molecule has 2 N–H and O–H groups in total. The zero-order valence-corrected chi connectivity index (χ0v) is 10.6. The molecule has 0 radical (unpaired) electrons. The van der Waals surface area contributed by atoms with Crippen LogP contribution in [0.1, 0.15) is 51.9 Å². The molecule has 98 valence electrons. The van der Waals surface area contributed by atoms with Gasteiger partial charge in [-0.05, 0) is 26.2 Å². The molecule has 0 rings (SSSR count). The van der Waals surface area contributed by atoms with Crippen LogP contribution in [0.2, 0.25) is 0 Å². The van der Waals surface area contributed by atoms with Gasteiger partial charge in [-0.15, -0.1) is 0 Å². The summed E-state index contributed by atoms with van der Waals surface area (Å²) in [6.07, 6.45) is 13.4. The van der Waals surface area contributed by atoms with Crippen molar-refractivity contribution in [1.82, 2.24) is 0 Å². The molecule has 0 aliphatic rings. The summed E-state index contributed by atoms with van der Waals surface area (Å²) in [7, 11) is 0. The van der Waals surface area contributed by atoms with E-state index in [4.69, 9.17) is 5.11 Å². The highest BCUT2D eigenvalue weighted by molar-refractivity contribution is 5.67. The Hall–Kier alpha value is -1.09. The quantitative estimate of drug-likeness (QED) is 0.455. The average Bonchev–Trinajstić information content (AvgIpc) is 2.26. The minimum Gasteiger partial charge on any atom is -0.481 e. The maximum Gasteiger partial charge on any atom is 0.305 e. The van der Waals surface area contributed by atoms with Crippen LogP contribution in [-0.2, 0) is 4.79 Å². The number of carbonyl (C=O) groups is 1. The molecule has 1 unspecified atom stereocenters. The predicted octanol–water partition coefficient (Wildman–Crippen LogP) is 3.29. The molecule has 17 heavy (non-hydrogen) atoms. The van der Waals surface area contributed by atoms with Crippen LogP contribution in [0.5, 0.6) is 0 Å². The van der Waals surface area contributed by atoms with Gasteiger partial charge in [0.25, 0.3) is 0 Å².